The largest absolute Gasteiger partial charge is 0.491 e. The van der Waals surface area contributed by atoms with E-state index in [-0.39, 0.29) is 37.6 Å². The van der Waals surface area contributed by atoms with E-state index in [1.54, 1.807) is 6.92 Å². The molecule has 2 aliphatic carbocycles. The predicted octanol–water partition coefficient (Wildman–Crippen LogP) is 7.01. The Bertz CT molecular complexity index is 1000. The molecule has 0 saturated heterocycles. The van der Waals surface area contributed by atoms with Crippen LogP contribution in [0.25, 0.3) is 0 Å². The second-order valence-corrected chi connectivity index (χ2v) is 12.6. The number of aliphatic hydroxyl groups is 1. The SMILES string of the molecule is C=C(C)C(=O)OCC(COC(=O)C(=C)CO)OCCOc1ccc(CCC2CCC(C3CCC(CCC)CC3)CC2)cc1. The molecule has 240 valence electrons. The van der Waals surface area contributed by atoms with Crippen LogP contribution in [0, 0.1) is 23.7 Å². The number of ether oxygens (including phenoxy) is 4. The maximum Gasteiger partial charge on any atom is 0.335 e. The summed E-state index contributed by atoms with van der Waals surface area (Å²) in [7, 11) is 0. The van der Waals surface area contributed by atoms with Crippen LogP contribution in [0.15, 0.2) is 48.6 Å². The molecule has 1 N–H and O–H groups in total. The number of rotatable bonds is 18. The average molecular weight is 599 g/mol. The van der Waals surface area contributed by atoms with E-state index in [1.807, 2.05) is 12.1 Å². The van der Waals surface area contributed by atoms with Gasteiger partial charge in [-0.1, -0.05) is 70.7 Å². The van der Waals surface area contributed by atoms with Gasteiger partial charge in [-0.2, -0.15) is 0 Å². The Balaban J connectivity index is 1.33. The van der Waals surface area contributed by atoms with Crippen LogP contribution in [0.5, 0.6) is 5.75 Å². The first-order valence-corrected chi connectivity index (χ1v) is 16.4. The summed E-state index contributed by atoms with van der Waals surface area (Å²) in [6.07, 6.45) is 16.0. The molecule has 7 heteroatoms. The van der Waals surface area contributed by atoms with E-state index in [1.165, 1.54) is 76.2 Å². The highest BCUT2D eigenvalue weighted by Crippen LogP contribution is 2.43. The van der Waals surface area contributed by atoms with Crippen LogP contribution < -0.4 is 4.74 Å². The first-order chi connectivity index (χ1) is 20.8. The molecule has 2 aliphatic rings. The molecule has 2 fully saturated rings. The van der Waals surface area contributed by atoms with Crippen molar-refractivity contribution in [2.24, 2.45) is 23.7 Å². The first kappa shape index (κ1) is 34.8. The number of hydrogen-bond acceptors (Lipinski definition) is 7. The fraction of sp³-hybridized carbons (Fsp3) is 0.667. The molecular weight excluding hydrogens is 544 g/mol. The van der Waals surface area contributed by atoms with Gasteiger partial charge in [-0.3, -0.25) is 0 Å². The van der Waals surface area contributed by atoms with Crippen LogP contribution in [-0.2, 0) is 30.2 Å². The highest BCUT2D eigenvalue weighted by Gasteiger charge is 2.30. The molecule has 0 aromatic heterocycles. The van der Waals surface area contributed by atoms with Crippen molar-refractivity contribution in [1.29, 1.82) is 0 Å². The molecule has 0 radical (unpaired) electrons. The van der Waals surface area contributed by atoms with Gasteiger partial charge in [-0.15, -0.1) is 0 Å². The normalized spacial score (nSPS) is 22.8. The quantitative estimate of drug-likeness (QED) is 0.110. The van der Waals surface area contributed by atoms with Crippen molar-refractivity contribution in [3.8, 4) is 5.75 Å². The molecule has 1 aromatic carbocycles. The topological polar surface area (TPSA) is 91.3 Å². The lowest BCUT2D eigenvalue weighted by molar-refractivity contribution is -0.151. The maximum absolute atomic E-state index is 11.8. The number of carbonyl (C=O) groups is 2. The predicted molar refractivity (Wildman–Crippen MR) is 169 cm³/mol. The van der Waals surface area contributed by atoms with Crippen LogP contribution >= 0.6 is 0 Å². The van der Waals surface area contributed by atoms with Crippen LogP contribution in [0.3, 0.4) is 0 Å². The second kappa shape index (κ2) is 18.9. The minimum Gasteiger partial charge on any atom is -0.491 e. The summed E-state index contributed by atoms with van der Waals surface area (Å²) in [6.45, 7) is 10.6. The minimum absolute atomic E-state index is 0.0630. The van der Waals surface area contributed by atoms with Gasteiger partial charge >= 0.3 is 11.9 Å². The van der Waals surface area contributed by atoms with Crippen molar-refractivity contribution in [2.45, 2.75) is 97.0 Å². The molecule has 43 heavy (non-hydrogen) atoms. The Hall–Kier alpha value is -2.64. The van der Waals surface area contributed by atoms with Crippen molar-refractivity contribution in [3.05, 3.63) is 54.1 Å². The third kappa shape index (κ3) is 12.5. The van der Waals surface area contributed by atoms with Crippen LogP contribution in [0.2, 0.25) is 0 Å². The Labute approximate surface area is 259 Å². The van der Waals surface area contributed by atoms with Gasteiger partial charge in [-0.25, -0.2) is 9.59 Å². The van der Waals surface area contributed by atoms with E-state index < -0.39 is 24.6 Å². The summed E-state index contributed by atoms with van der Waals surface area (Å²) >= 11 is 0. The Kier molecular flexibility index (Phi) is 15.3. The molecule has 7 nitrogen and oxygen atoms in total. The van der Waals surface area contributed by atoms with Crippen LogP contribution in [0.4, 0.5) is 0 Å². The maximum atomic E-state index is 11.8. The summed E-state index contributed by atoms with van der Waals surface area (Å²) in [5.41, 5.74) is 1.54. The van der Waals surface area contributed by atoms with Crippen molar-refractivity contribution in [3.63, 3.8) is 0 Å². The van der Waals surface area contributed by atoms with E-state index >= 15 is 0 Å². The molecular formula is C36H54O7. The van der Waals surface area contributed by atoms with Crippen molar-refractivity contribution < 1.29 is 33.6 Å². The van der Waals surface area contributed by atoms with Gasteiger partial charge in [0.1, 0.15) is 31.7 Å². The number of esters is 2. The zero-order chi connectivity index (χ0) is 31.0. The highest BCUT2D eigenvalue weighted by atomic mass is 16.6. The standard InChI is InChI=1S/C36H54O7/c1-5-6-28-9-15-31(16-10-28)32-17-11-29(12-18-32)7-8-30-13-19-33(20-14-30)40-21-22-41-34(24-42-35(38)26(2)3)25-43-36(39)27(4)23-37/h13-14,19-20,28-29,31-32,34,37H,2,4-12,15-18,21-25H2,1,3H3. The van der Waals surface area contributed by atoms with Crippen LogP contribution in [0.1, 0.15) is 90.0 Å². The summed E-state index contributed by atoms with van der Waals surface area (Å²) in [4.78, 5) is 23.6. The summed E-state index contributed by atoms with van der Waals surface area (Å²) in [5, 5.41) is 9.04. The molecule has 2 saturated carbocycles. The number of carbonyl (C=O) groups excluding carboxylic acids is 2. The summed E-state index contributed by atoms with van der Waals surface area (Å²) < 4.78 is 21.9. The molecule has 0 spiro atoms. The highest BCUT2D eigenvalue weighted by molar-refractivity contribution is 5.88. The van der Waals surface area contributed by atoms with Crippen molar-refractivity contribution in [1.82, 2.24) is 0 Å². The zero-order valence-corrected chi connectivity index (χ0v) is 26.5. The lowest BCUT2D eigenvalue weighted by Gasteiger charge is -2.38. The van der Waals surface area contributed by atoms with Crippen LogP contribution in [-0.4, -0.2) is 56.2 Å². The smallest absolute Gasteiger partial charge is 0.335 e. The van der Waals surface area contributed by atoms with E-state index in [9.17, 15) is 9.59 Å². The Morgan fingerprint density at radius 2 is 1.40 bits per heavy atom. The number of benzene rings is 1. The van der Waals surface area contributed by atoms with Crippen molar-refractivity contribution >= 4 is 11.9 Å². The van der Waals surface area contributed by atoms with Gasteiger partial charge in [0.25, 0.3) is 0 Å². The first-order valence-electron chi connectivity index (χ1n) is 16.4. The van der Waals surface area contributed by atoms with Gasteiger partial charge in [0.15, 0.2) is 0 Å². The van der Waals surface area contributed by atoms with E-state index in [0.29, 0.717) is 0 Å². The third-order valence-electron chi connectivity index (χ3n) is 9.25. The van der Waals surface area contributed by atoms with Gasteiger partial charge < -0.3 is 24.1 Å². The van der Waals surface area contributed by atoms with Gasteiger partial charge in [0.05, 0.1) is 18.8 Å². The van der Waals surface area contributed by atoms with Gasteiger partial charge in [-0.05, 0) is 86.8 Å². The number of aryl methyl sites for hydroxylation is 1. The van der Waals surface area contributed by atoms with E-state index in [4.69, 9.17) is 24.1 Å². The third-order valence-corrected chi connectivity index (χ3v) is 9.25. The second-order valence-electron chi connectivity index (χ2n) is 12.6. The fourth-order valence-electron chi connectivity index (χ4n) is 6.57. The molecule has 0 amide bonds. The molecule has 1 atom stereocenters. The Morgan fingerprint density at radius 3 is 1.93 bits per heavy atom. The van der Waals surface area contributed by atoms with Gasteiger partial charge in [0, 0.05) is 5.57 Å². The minimum atomic E-state index is -0.730. The average Bonchev–Trinajstić information content (AvgIpc) is 3.03. The summed E-state index contributed by atoms with van der Waals surface area (Å²) in [6, 6.07) is 8.28. The summed E-state index contributed by atoms with van der Waals surface area (Å²) in [5.74, 6) is 3.30. The molecule has 0 bridgehead atoms. The van der Waals surface area contributed by atoms with E-state index in [0.717, 1.165) is 35.8 Å². The number of aliphatic hydroxyl groups excluding tert-OH is 1. The van der Waals surface area contributed by atoms with Gasteiger partial charge in [0.2, 0.25) is 0 Å². The molecule has 0 heterocycles. The fourth-order valence-corrected chi connectivity index (χ4v) is 6.57. The molecule has 1 aromatic rings. The molecule has 3 rings (SSSR count). The molecule has 1 unspecified atom stereocenters. The molecule has 0 aliphatic heterocycles. The monoisotopic (exact) mass is 598 g/mol. The lowest BCUT2D eigenvalue weighted by Crippen LogP contribution is -2.30. The van der Waals surface area contributed by atoms with E-state index in [2.05, 4.69) is 32.2 Å². The number of hydrogen-bond donors (Lipinski definition) is 1. The Morgan fingerprint density at radius 1 is 0.837 bits per heavy atom. The van der Waals surface area contributed by atoms with Crippen molar-refractivity contribution in [2.75, 3.05) is 33.0 Å². The zero-order valence-electron chi connectivity index (χ0n) is 26.5. The lowest BCUT2D eigenvalue weighted by atomic mass is 9.68.